The molecule has 2 aromatic carbocycles. The van der Waals surface area contributed by atoms with E-state index in [1.165, 1.54) is 11.6 Å². The molecule has 0 unspecified atom stereocenters. The van der Waals surface area contributed by atoms with Gasteiger partial charge in [-0.3, -0.25) is 0 Å². The second kappa shape index (κ2) is 9.68. The molecular formula is C21H25NO2. The number of nitrogens with zero attached hydrogens (tertiary/aromatic N) is 1. The number of hydrogen-bond donors (Lipinski definition) is 0. The minimum atomic E-state index is -0.297. The molecule has 0 radical (unpaired) electrons. The lowest BCUT2D eigenvalue weighted by Gasteiger charge is -2.16. The average Bonchev–Trinajstić information content (AvgIpc) is 2.65. The van der Waals surface area contributed by atoms with Gasteiger partial charge in [0.15, 0.2) is 0 Å². The fourth-order valence-corrected chi connectivity index (χ4v) is 2.44. The van der Waals surface area contributed by atoms with Gasteiger partial charge in [-0.25, -0.2) is 4.79 Å². The molecule has 0 atom stereocenters. The molecule has 0 saturated heterocycles. The van der Waals surface area contributed by atoms with Crippen molar-refractivity contribution in [1.29, 1.82) is 0 Å². The van der Waals surface area contributed by atoms with Gasteiger partial charge >= 0.3 is 5.97 Å². The first-order valence-electron chi connectivity index (χ1n) is 8.45. The number of carbonyl (C=O) groups is 1. The Morgan fingerprint density at radius 1 is 0.958 bits per heavy atom. The lowest BCUT2D eigenvalue weighted by molar-refractivity contribution is -0.138. The lowest BCUT2D eigenvalue weighted by Crippen LogP contribution is -2.27. The molecule has 0 aliphatic carbocycles. The summed E-state index contributed by atoms with van der Waals surface area (Å²) in [6.07, 6.45) is 3.27. The molecule has 0 spiro atoms. The summed E-state index contributed by atoms with van der Waals surface area (Å²) < 4.78 is 5.22. The van der Waals surface area contributed by atoms with Crippen molar-refractivity contribution in [2.24, 2.45) is 0 Å². The van der Waals surface area contributed by atoms with Gasteiger partial charge in [0.05, 0.1) is 0 Å². The van der Waals surface area contributed by atoms with E-state index in [0.29, 0.717) is 6.61 Å². The van der Waals surface area contributed by atoms with Crippen LogP contribution >= 0.6 is 0 Å². The first-order chi connectivity index (χ1) is 11.7. The Morgan fingerprint density at radius 3 is 2.21 bits per heavy atom. The van der Waals surface area contributed by atoms with Crippen LogP contribution in [0.1, 0.15) is 19.4 Å². The van der Waals surface area contributed by atoms with Gasteiger partial charge in [0, 0.05) is 12.6 Å². The summed E-state index contributed by atoms with van der Waals surface area (Å²) in [5.41, 5.74) is 3.33. The van der Waals surface area contributed by atoms with E-state index < -0.39 is 0 Å². The maximum Gasteiger partial charge on any atom is 0.330 e. The fourth-order valence-electron chi connectivity index (χ4n) is 2.44. The molecule has 0 amide bonds. The number of carbonyl (C=O) groups excluding carboxylic acids is 1. The number of ether oxygens (including phenoxy) is 1. The maximum atomic E-state index is 11.7. The summed E-state index contributed by atoms with van der Waals surface area (Å²) in [7, 11) is 0. The van der Waals surface area contributed by atoms with Crippen LogP contribution in [0, 0.1) is 0 Å². The van der Waals surface area contributed by atoms with Gasteiger partial charge in [-0.05, 0) is 35.9 Å². The molecule has 2 aromatic rings. The molecule has 126 valence electrons. The minimum Gasteiger partial charge on any atom is -0.461 e. The summed E-state index contributed by atoms with van der Waals surface area (Å²) in [6, 6.07) is 18.3. The van der Waals surface area contributed by atoms with Crippen molar-refractivity contribution in [1.82, 2.24) is 4.90 Å². The van der Waals surface area contributed by atoms with E-state index >= 15 is 0 Å². The van der Waals surface area contributed by atoms with E-state index in [1.54, 1.807) is 6.08 Å². The number of benzene rings is 2. The van der Waals surface area contributed by atoms with Gasteiger partial charge in [-0.2, -0.15) is 0 Å². The zero-order chi connectivity index (χ0) is 17.2. The van der Waals surface area contributed by atoms with Crippen LogP contribution in [0.3, 0.4) is 0 Å². The quantitative estimate of drug-likeness (QED) is 0.537. The third-order valence-corrected chi connectivity index (χ3v) is 3.98. The monoisotopic (exact) mass is 323 g/mol. The molecule has 0 aliphatic heterocycles. The number of esters is 1. The summed E-state index contributed by atoms with van der Waals surface area (Å²) in [5, 5.41) is 0. The number of likely N-dealkylation sites (N-methyl/N-ethyl adjacent to an activating group) is 1. The van der Waals surface area contributed by atoms with Gasteiger partial charge < -0.3 is 9.64 Å². The topological polar surface area (TPSA) is 29.5 Å². The molecule has 24 heavy (non-hydrogen) atoms. The summed E-state index contributed by atoms with van der Waals surface area (Å²) in [4.78, 5) is 14.0. The Bertz CT molecular complexity index is 643. The first-order valence-corrected chi connectivity index (χ1v) is 8.45. The molecule has 0 saturated carbocycles. The van der Waals surface area contributed by atoms with Crippen molar-refractivity contribution in [3.8, 4) is 11.1 Å². The molecule has 0 fully saturated rings. The molecule has 0 aromatic heterocycles. The highest BCUT2D eigenvalue weighted by Crippen LogP contribution is 2.19. The third kappa shape index (κ3) is 5.67. The Hall–Kier alpha value is -2.39. The van der Waals surface area contributed by atoms with Crippen LogP contribution in [0.4, 0.5) is 0 Å². The molecule has 0 aliphatic rings. The molecular weight excluding hydrogens is 298 g/mol. The predicted octanol–water partition coefficient (Wildman–Crippen LogP) is 4.25. The molecule has 3 nitrogen and oxygen atoms in total. The highest BCUT2D eigenvalue weighted by molar-refractivity contribution is 5.87. The fraction of sp³-hybridized carbons (Fsp3) is 0.286. The molecule has 0 heterocycles. The third-order valence-electron chi connectivity index (χ3n) is 3.98. The number of hydrogen-bond acceptors (Lipinski definition) is 3. The van der Waals surface area contributed by atoms with Crippen molar-refractivity contribution in [2.75, 3.05) is 26.2 Å². The van der Waals surface area contributed by atoms with Crippen LogP contribution in [-0.4, -0.2) is 37.1 Å². The molecule has 0 bridgehead atoms. The average molecular weight is 323 g/mol. The maximum absolute atomic E-state index is 11.7. The Kier molecular flexibility index (Phi) is 7.24. The van der Waals surface area contributed by atoms with E-state index in [1.807, 2.05) is 30.3 Å². The van der Waals surface area contributed by atoms with E-state index in [4.69, 9.17) is 4.74 Å². The summed E-state index contributed by atoms with van der Waals surface area (Å²) >= 11 is 0. The van der Waals surface area contributed by atoms with Crippen LogP contribution in [-0.2, 0) is 9.53 Å². The van der Waals surface area contributed by atoms with Gasteiger partial charge in [-0.15, -0.1) is 0 Å². The van der Waals surface area contributed by atoms with Gasteiger partial charge in [0.1, 0.15) is 6.61 Å². The first kappa shape index (κ1) is 18.0. The standard InChI is InChI=1S/C21H25NO2/c1-3-22(4-2)16-17-24-21(23)15-12-18-10-13-20(14-11-18)19-8-6-5-7-9-19/h5-15H,3-4,16-17H2,1-2H3/b15-12-. The SMILES string of the molecule is CCN(CC)CCOC(=O)/C=C\c1ccc(-c2ccccc2)cc1. The highest BCUT2D eigenvalue weighted by atomic mass is 16.5. The van der Waals surface area contributed by atoms with E-state index in [2.05, 4.69) is 43.0 Å². The Morgan fingerprint density at radius 2 is 1.58 bits per heavy atom. The second-order valence-corrected chi connectivity index (χ2v) is 5.52. The predicted molar refractivity (Wildman–Crippen MR) is 99.7 cm³/mol. The van der Waals surface area contributed by atoms with Gasteiger partial charge in [0.2, 0.25) is 0 Å². The van der Waals surface area contributed by atoms with Crippen LogP contribution in [0.15, 0.2) is 60.7 Å². The normalized spacial score (nSPS) is 11.1. The van der Waals surface area contributed by atoms with E-state index in [-0.39, 0.29) is 5.97 Å². The Labute approximate surface area is 144 Å². The van der Waals surface area contributed by atoms with Gasteiger partial charge in [0.25, 0.3) is 0 Å². The highest BCUT2D eigenvalue weighted by Gasteiger charge is 2.01. The Balaban J connectivity index is 1.84. The van der Waals surface area contributed by atoms with Crippen LogP contribution in [0.2, 0.25) is 0 Å². The largest absolute Gasteiger partial charge is 0.461 e. The van der Waals surface area contributed by atoms with Crippen molar-refractivity contribution in [3.63, 3.8) is 0 Å². The van der Waals surface area contributed by atoms with Crippen LogP contribution < -0.4 is 0 Å². The molecule has 0 N–H and O–H groups in total. The molecule has 2 rings (SSSR count). The minimum absolute atomic E-state index is 0.297. The summed E-state index contributed by atoms with van der Waals surface area (Å²) in [6.45, 7) is 7.35. The van der Waals surface area contributed by atoms with Crippen molar-refractivity contribution in [3.05, 3.63) is 66.2 Å². The zero-order valence-electron chi connectivity index (χ0n) is 14.4. The van der Waals surface area contributed by atoms with E-state index in [0.717, 1.165) is 30.8 Å². The zero-order valence-corrected chi connectivity index (χ0v) is 14.4. The van der Waals surface area contributed by atoms with Crippen LogP contribution in [0.5, 0.6) is 0 Å². The van der Waals surface area contributed by atoms with Crippen molar-refractivity contribution < 1.29 is 9.53 Å². The van der Waals surface area contributed by atoms with Gasteiger partial charge in [-0.1, -0.05) is 68.4 Å². The molecule has 3 heteroatoms. The smallest absolute Gasteiger partial charge is 0.330 e. The number of rotatable bonds is 8. The van der Waals surface area contributed by atoms with Crippen molar-refractivity contribution in [2.45, 2.75) is 13.8 Å². The van der Waals surface area contributed by atoms with Crippen LogP contribution in [0.25, 0.3) is 17.2 Å². The lowest BCUT2D eigenvalue weighted by atomic mass is 10.0. The van der Waals surface area contributed by atoms with Crippen molar-refractivity contribution >= 4 is 12.0 Å². The second-order valence-electron chi connectivity index (χ2n) is 5.52. The summed E-state index contributed by atoms with van der Waals surface area (Å²) in [5.74, 6) is -0.297. The van der Waals surface area contributed by atoms with E-state index in [9.17, 15) is 4.79 Å².